The van der Waals surface area contributed by atoms with Crippen molar-refractivity contribution in [2.24, 2.45) is 0 Å². The second kappa shape index (κ2) is 10.4. The second-order valence-corrected chi connectivity index (χ2v) is 6.01. The predicted octanol–water partition coefficient (Wildman–Crippen LogP) is 3.85. The molecule has 0 fully saturated rings. The zero-order valence-corrected chi connectivity index (χ0v) is 15.0. The third kappa shape index (κ3) is 6.01. The van der Waals surface area contributed by atoms with Crippen molar-refractivity contribution in [2.45, 2.75) is 39.2 Å². The molecule has 2 rings (SSSR count). The van der Waals surface area contributed by atoms with Gasteiger partial charge in [0.1, 0.15) is 11.4 Å². The molecule has 0 unspecified atom stereocenters. The molecule has 0 saturated heterocycles. The fourth-order valence-corrected chi connectivity index (χ4v) is 2.51. The summed E-state index contributed by atoms with van der Waals surface area (Å²) in [6, 6.07) is 13.4. The average Bonchev–Trinajstić information content (AvgIpc) is 2.66. The number of rotatable bonds is 10. The van der Waals surface area contributed by atoms with Gasteiger partial charge in [0.2, 0.25) is 0 Å². The largest absolute Gasteiger partial charge is 0.491 e. The van der Waals surface area contributed by atoms with Crippen molar-refractivity contribution in [3.63, 3.8) is 0 Å². The van der Waals surface area contributed by atoms with E-state index < -0.39 is 5.97 Å². The lowest BCUT2D eigenvalue weighted by Crippen LogP contribution is -2.06. The minimum atomic E-state index is -0.954. The fourth-order valence-electron chi connectivity index (χ4n) is 2.51. The lowest BCUT2D eigenvalue weighted by molar-refractivity contribution is -0.132. The Morgan fingerprint density at radius 2 is 1.96 bits per heavy atom. The van der Waals surface area contributed by atoms with Crippen LogP contribution >= 0.6 is 0 Å². The topological polar surface area (TPSA) is 79.7 Å². The SMILES string of the molecule is CCCCC(=Cc1nc(CO)ccc1OCCc1ccccc1)C(=O)O. The molecule has 2 N–H and O–H groups in total. The van der Waals surface area contributed by atoms with E-state index in [1.54, 1.807) is 18.2 Å². The minimum Gasteiger partial charge on any atom is -0.491 e. The van der Waals surface area contributed by atoms with Gasteiger partial charge in [0.05, 0.1) is 18.9 Å². The Hall–Kier alpha value is -2.66. The number of carboxylic acids is 1. The van der Waals surface area contributed by atoms with E-state index in [1.807, 2.05) is 37.3 Å². The number of unbranched alkanes of at least 4 members (excludes halogenated alkanes) is 1. The molecule has 1 heterocycles. The number of ether oxygens (including phenoxy) is 1. The molecule has 1 aromatic carbocycles. The molecule has 5 heteroatoms. The van der Waals surface area contributed by atoms with Gasteiger partial charge in [-0.05, 0) is 36.6 Å². The fraction of sp³-hybridized carbons (Fsp3) is 0.333. The molecule has 0 atom stereocenters. The molecule has 138 valence electrons. The lowest BCUT2D eigenvalue weighted by Gasteiger charge is -2.11. The van der Waals surface area contributed by atoms with Gasteiger partial charge in [-0.15, -0.1) is 0 Å². The first kappa shape index (κ1) is 19.7. The van der Waals surface area contributed by atoms with Crippen molar-refractivity contribution in [1.82, 2.24) is 4.98 Å². The predicted molar refractivity (Wildman–Crippen MR) is 101 cm³/mol. The molecule has 0 spiro atoms. The third-order valence-electron chi connectivity index (χ3n) is 3.98. The summed E-state index contributed by atoms with van der Waals surface area (Å²) in [6.45, 7) is 2.27. The Labute approximate surface area is 154 Å². The zero-order valence-electron chi connectivity index (χ0n) is 15.0. The molecule has 5 nitrogen and oxygen atoms in total. The zero-order chi connectivity index (χ0) is 18.8. The highest BCUT2D eigenvalue weighted by Gasteiger charge is 2.11. The van der Waals surface area contributed by atoms with Gasteiger partial charge in [-0.2, -0.15) is 0 Å². The van der Waals surface area contributed by atoms with Crippen LogP contribution in [0.2, 0.25) is 0 Å². The average molecular weight is 355 g/mol. The van der Waals surface area contributed by atoms with E-state index >= 15 is 0 Å². The Balaban J connectivity index is 2.18. The van der Waals surface area contributed by atoms with Crippen molar-refractivity contribution in [3.8, 4) is 5.75 Å². The van der Waals surface area contributed by atoms with Crippen molar-refractivity contribution in [2.75, 3.05) is 6.61 Å². The monoisotopic (exact) mass is 355 g/mol. The van der Waals surface area contributed by atoms with Crippen molar-refractivity contribution in [1.29, 1.82) is 0 Å². The van der Waals surface area contributed by atoms with Gasteiger partial charge in [-0.3, -0.25) is 0 Å². The summed E-state index contributed by atoms with van der Waals surface area (Å²) in [6.07, 6.45) is 4.47. The second-order valence-electron chi connectivity index (χ2n) is 6.01. The summed E-state index contributed by atoms with van der Waals surface area (Å²) in [4.78, 5) is 15.8. The van der Waals surface area contributed by atoms with E-state index in [-0.39, 0.29) is 6.61 Å². The summed E-state index contributed by atoms with van der Waals surface area (Å²) in [5.41, 5.74) is 2.38. The van der Waals surface area contributed by atoms with E-state index in [9.17, 15) is 15.0 Å². The van der Waals surface area contributed by atoms with E-state index in [2.05, 4.69) is 4.98 Å². The molecular weight excluding hydrogens is 330 g/mol. The summed E-state index contributed by atoms with van der Waals surface area (Å²) < 4.78 is 5.84. The molecule has 0 aliphatic carbocycles. The number of carboxylic acid groups (broad SMARTS) is 1. The number of benzene rings is 1. The highest BCUT2D eigenvalue weighted by molar-refractivity contribution is 5.92. The van der Waals surface area contributed by atoms with Gasteiger partial charge in [-0.25, -0.2) is 9.78 Å². The van der Waals surface area contributed by atoms with Crippen LogP contribution in [0.15, 0.2) is 48.0 Å². The smallest absolute Gasteiger partial charge is 0.331 e. The Bertz CT molecular complexity index is 741. The van der Waals surface area contributed by atoms with E-state index in [1.165, 1.54) is 5.56 Å². The molecule has 1 aromatic heterocycles. The Morgan fingerprint density at radius 3 is 2.62 bits per heavy atom. The van der Waals surface area contributed by atoms with Gasteiger partial charge in [0.15, 0.2) is 0 Å². The molecule has 0 aliphatic heterocycles. The highest BCUT2D eigenvalue weighted by atomic mass is 16.5. The number of aliphatic hydroxyl groups is 1. The standard InChI is InChI=1S/C21H25NO4/c1-2-3-9-17(21(24)25)14-19-20(11-10-18(15-23)22-19)26-13-12-16-7-5-4-6-8-16/h4-8,10-11,14,23H,2-3,9,12-13,15H2,1H3,(H,24,25). The molecular formula is C21H25NO4. The summed E-state index contributed by atoms with van der Waals surface area (Å²) in [7, 11) is 0. The van der Waals surface area contributed by atoms with Crippen LogP contribution in [0.3, 0.4) is 0 Å². The number of nitrogens with zero attached hydrogens (tertiary/aromatic N) is 1. The molecule has 0 aliphatic rings. The van der Waals surface area contributed by atoms with Gasteiger partial charge in [0, 0.05) is 12.0 Å². The van der Waals surface area contributed by atoms with Gasteiger partial charge < -0.3 is 14.9 Å². The molecule has 0 saturated carbocycles. The van der Waals surface area contributed by atoms with Crippen LogP contribution in [0.5, 0.6) is 5.75 Å². The maximum atomic E-state index is 11.5. The van der Waals surface area contributed by atoms with Gasteiger partial charge >= 0.3 is 5.97 Å². The summed E-state index contributed by atoms with van der Waals surface area (Å²) in [5.74, 6) is -0.432. The number of carbonyl (C=O) groups is 1. The van der Waals surface area contributed by atoms with Crippen LogP contribution in [-0.2, 0) is 17.8 Å². The lowest BCUT2D eigenvalue weighted by atomic mass is 10.1. The van der Waals surface area contributed by atoms with Crippen LogP contribution in [0.4, 0.5) is 0 Å². The Kier molecular flexibility index (Phi) is 7.83. The number of hydrogen-bond acceptors (Lipinski definition) is 4. The molecule has 0 bridgehead atoms. The summed E-state index contributed by atoms with van der Waals surface area (Å²) in [5, 5.41) is 18.7. The van der Waals surface area contributed by atoms with Crippen molar-refractivity contribution < 1.29 is 19.7 Å². The van der Waals surface area contributed by atoms with Gasteiger partial charge in [0.25, 0.3) is 0 Å². The Morgan fingerprint density at radius 1 is 1.19 bits per heavy atom. The maximum absolute atomic E-state index is 11.5. The van der Waals surface area contributed by atoms with Crippen LogP contribution in [0, 0.1) is 0 Å². The first-order chi connectivity index (χ1) is 12.6. The van der Waals surface area contributed by atoms with Crippen LogP contribution in [0.1, 0.15) is 43.1 Å². The molecule has 26 heavy (non-hydrogen) atoms. The number of aliphatic carboxylic acids is 1. The highest BCUT2D eigenvalue weighted by Crippen LogP contribution is 2.22. The van der Waals surface area contributed by atoms with Crippen LogP contribution in [-0.4, -0.2) is 27.8 Å². The number of aliphatic hydroxyl groups excluding tert-OH is 1. The van der Waals surface area contributed by atoms with Gasteiger partial charge in [-0.1, -0.05) is 43.7 Å². The van der Waals surface area contributed by atoms with Crippen molar-refractivity contribution in [3.05, 3.63) is 65.0 Å². The van der Waals surface area contributed by atoms with E-state index in [0.29, 0.717) is 35.7 Å². The first-order valence-corrected chi connectivity index (χ1v) is 8.85. The quantitative estimate of drug-likeness (QED) is 0.633. The number of pyridine rings is 1. The molecule has 0 radical (unpaired) electrons. The minimum absolute atomic E-state index is 0.206. The normalized spacial score (nSPS) is 11.4. The van der Waals surface area contributed by atoms with E-state index in [0.717, 1.165) is 19.3 Å². The van der Waals surface area contributed by atoms with Crippen molar-refractivity contribution >= 4 is 12.0 Å². The summed E-state index contributed by atoms with van der Waals surface area (Å²) >= 11 is 0. The van der Waals surface area contributed by atoms with Crippen LogP contribution < -0.4 is 4.74 Å². The van der Waals surface area contributed by atoms with Crippen LogP contribution in [0.25, 0.3) is 6.08 Å². The number of hydrogen-bond donors (Lipinski definition) is 2. The maximum Gasteiger partial charge on any atom is 0.331 e. The third-order valence-corrected chi connectivity index (χ3v) is 3.98. The first-order valence-electron chi connectivity index (χ1n) is 8.85. The molecule has 0 amide bonds. The van der Waals surface area contributed by atoms with E-state index in [4.69, 9.17) is 4.74 Å². The number of aromatic nitrogens is 1. The molecule has 2 aromatic rings.